The lowest BCUT2D eigenvalue weighted by Crippen LogP contribution is -2.32. The van der Waals surface area contributed by atoms with E-state index in [0.29, 0.717) is 6.07 Å². The molecular formula is C15H11ClF3N5O3. The molecule has 8 nitrogen and oxygen atoms in total. The number of carboxylic acid groups (broad SMARTS) is 1. The van der Waals surface area contributed by atoms with Crippen molar-refractivity contribution >= 4 is 28.6 Å². The second-order valence-electron chi connectivity index (χ2n) is 5.55. The Balaban J connectivity index is 2.32. The summed E-state index contributed by atoms with van der Waals surface area (Å²) in [6, 6.07) is 4.06. The Morgan fingerprint density at radius 1 is 1.41 bits per heavy atom. The van der Waals surface area contributed by atoms with Gasteiger partial charge in [-0.1, -0.05) is 17.7 Å². The number of nitrogens with zero attached hydrogens (tertiary/aromatic N) is 3. The van der Waals surface area contributed by atoms with Gasteiger partial charge in [-0.3, -0.25) is 9.89 Å². The number of hydrogen-bond acceptors (Lipinski definition) is 4. The Labute approximate surface area is 153 Å². The van der Waals surface area contributed by atoms with Gasteiger partial charge in [0.25, 0.3) is 5.56 Å². The number of nitrogens with one attached hydrogen (secondary N) is 2. The fraction of sp³-hybridized carbons (Fsp3) is 0.200. The van der Waals surface area contributed by atoms with E-state index in [1.165, 1.54) is 25.1 Å². The Bertz CT molecular complexity index is 1090. The molecule has 27 heavy (non-hydrogen) atoms. The van der Waals surface area contributed by atoms with Gasteiger partial charge in [-0.15, -0.1) is 0 Å². The average molecular weight is 402 g/mol. The van der Waals surface area contributed by atoms with Crippen LogP contribution in [0.4, 0.5) is 18.0 Å². The lowest BCUT2D eigenvalue weighted by molar-refractivity contribution is -0.141. The molecule has 3 rings (SSSR count). The minimum absolute atomic E-state index is 0.0259. The highest BCUT2D eigenvalue weighted by atomic mass is 35.5. The topological polar surface area (TPSA) is 113 Å². The molecule has 3 N–H and O–H groups in total. The highest BCUT2D eigenvalue weighted by Gasteiger charge is 2.34. The van der Waals surface area contributed by atoms with Gasteiger partial charge in [0.1, 0.15) is 11.5 Å². The third-order valence-electron chi connectivity index (χ3n) is 3.70. The monoisotopic (exact) mass is 401 g/mol. The minimum atomic E-state index is -4.71. The van der Waals surface area contributed by atoms with Crippen molar-refractivity contribution in [3.63, 3.8) is 0 Å². The van der Waals surface area contributed by atoms with Crippen molar-refractivity contribution in [3.05, 3.63) is 51.2 Å². The summed E-state index contributed by atoms with van der Waals surface area (Å²) in [6.45, 7) is 1.39. The quantitative estimate of drug-likeness (QED) is 0.624. The maximum absolute atomic E-state index is 12.9. The fourth-order valence-corrected chi connectivity index (χ4v) is 2.79. The van der Waals surface area contributed by atoms with Crippen LogP contribution in [-0.2, 0) is 6.18 Å². The van der Waals surface area contributed by atoms with Gasteiger partial charge in [-0.2, -0.15) is 18.3 Å². The van der Waals surface area contributed by atoms with E-state index < -0.39 is 35.4 Å². The van der Waals surface area contributed by atoms with Crippen LogP contribution in [0.3, 0.4) is 0 Å². The number of amides is 1. The van der Waals surface area contributed by atoms with E-state index in [2.05, 4.69) is 15.4 Å². The number of fused-ring (bicyclic) bond motifs is 1. The molecule has 1 unspecified atom stereocenters. The summed E-state index contributed by atoms with van der Waals surface area (Å²) in [4.78, 5) is 28.1. The molecule has 1 amide bonds. The van der Waals surface area contributed by atoms with Crippen molar-refractivity contribution in [2.75, 3.05) is 0 Å². The smallest absolute Gasteiger partial charge is 0.432 e. The lowest BCUT2D eigenvalue weighted by Gasteiger charge is -2.17. The van der Waals surface area contributed by atoms with Gasteiger partial charge < -0.3 is 10.4 Å². The van der Waals surface area contributed by atoms with E-state index >= 15 is 0 Å². The minimum Gasteiger partial charge on any atom is -0.465 e. The zero-order valence-corrected chi connectivity index (χ0v) is 14.3. The first-order valence-electron chi connectivity index (χ1n) is 7.43. The first-order chi connectivity index (χ1) is 12.6. The molecule has 0 saturated carbocycles. The van der Waals surface area contributed by atoms with E-state index in [-0.39, 0.29) is 21.7 Å². The van der Waals surface area contributed by atoms with Gasteiger partial charge in [0, 0.05) is 6.07 Å². The molecule has 1 atom stereocenters. The number of hydrogen-bond donors (Lipinski definition) is 3. The Morgan fingerprint density at radius 2 is 2.11 bits per heavy atom. The molecule has 12 heteroatoms. The van der Waals surface area contributed by atoms with Crippen molar-refractivity contribution in [1.29, 1.82) is 0 Å². The summed E-state index contributed by atoms with van der Waals surface area (Å²) < 4.78 is 39.4. The maximum atomic E-state index is 12.9. The Kier molecular flexibility index (Phi) is 4.56. The normalized spacial score (nSPS) is 12.9. The molecule has 0 aliphatic heterocycles. The van der Waals surface area contributed by atoms with Gasteiger partial charge in [0.05, 0.1) is 22.0 Å². The van der Waals surface area contributed by atoms with Crippen LogP contribution in [0, 0.1) is 0 Å². The lowest BCUT2D eigenvalue weighted by atomic mass is 10.2. The highest BCUT2D eigenvalue weighted by molar-refractivity contribution is 6.35. The third kappa shape index (κ3) is 3.45. The molecule has 0 saturated heterocycles. The van der Waals surface area contributed by atoms with Crippen molar-refractivity contribution in [3.8, 4) is 5.82 Å². The summed E-state index contributed by atoms with van der Waals surface area (Å²) in [6.07, 6.45) is -6.10. The van der Waals surface area contributed by atoms with Crippen LogP contribution in [0.5, 0.6) is 0 Å². The third-order valence-corrected chi connectivity index (χ3v) is 4.01. The first kappa shape index (κ1) is 18.7. The predicted octanol–water partition coefficient (Wildman–Crippen LogP) is 3.11. The Morgan fingerprint density at radius 3 is 2.70 bits per heavy atom. The van der Waals surface area contributed by atoms with Crippen LogP contribution in [0.15, 0.2) is 29.1 Å². The standard InChI is InChI=1S/C15H11ClF3N5O3/c1-6(20-14(26)27)12-21-8-4-2-3-7(16)11(8)13(25)24(12)10-5-9(22-23-10)15(17,18)19/h2-6,20H,1H3,(H,22,23)(H,26,27). The van der Waals surface area contributed by atoms with Gasteiger partial charge in [0.2, 0.25) is 0 Å². The molecule has 0 aliphatic rings. The molecule has 0 spiro atoms. The molecule has 2 aromatic heterocycles. The maximum Gasteiger partial charge on any atom is 0.432 e. The average Bonchev–Trinajstić information content (AvgIpc) is 3.03. The van der Waals surface area contributed by atoms with E-state index in [0.717, 1.165) is 4.57 Å². The summed E-state index contributed by atoms with van der Waals surface area (Å²) >= 11 is 6.04. The fourth-order valence-electron chi connectivity index (χ4n) is 2.54. The number of rotatable bonds is 3. The number of aromatic nitrogens is 4. The SMILES string of the molecule is CC(NC(=O)O)c1nc2cccc(Cl)c2c(=O)n1-c1cc(C(F)(F)F)[nH]n1. The number of H-pyrrole nitrogens is 1. The summed E-state index contributed by atoms with van der Waals surface area (Å²) in [5, 5.41) is 16.4. The van der Waals surface area contributed by atoms with Gasteiger partial charge in [-0.05, 0) is 19.1 Å². The van der Waals surface area contributed by atoms with Gasteiger partial charge in [0.15, 0.2) is 5.82 Å². The van der Waals surface area contributed by atoms with Crippen LogP contribution < -0.4 is 10.9 Å². The zero-order valence-electron chi connectivity index (χ0n) is 13.5. The highest BCUT2D eigenvalue weighted by Crippen LogP contribution is 2.29. The Hall–Kier alpha value is -3.08. The second-order valence-corrected chi connectivity index (χ2v) is 5.96. The van der Waals surface area contributed by atoms with Crippen LogP contribution in [0.25, 0.3) is 16.7 Å². The van der Waals surface area contributed by atoms with Crippen molar-refractivity contribution < 1.29 is 23.1 Å². The summed E-state index contributed by atoms with van der Waals surface area (Å²) in [5.74, 6) is -0.534. The van der Waals surface area contributed by atoms with Crippen molar-refractivity contribution in [2.45, 2.75) is 19.1 Å². The number of alkyl halides is 3. The van der Waals surface area contributed by atoms with Gasteiger partial charge in [-0.25, -0.2) is 14.3 Å². The molecular weight excluding hydrogens is 391 g/mol. The predicted molar refractivity (Wildman–Crippen MR) is 89.1 cm³/mol. The van der Waals surface area contributed by atoms with Crippen LogP contribution in [-0.4, -0.2) is 30.9 Å². The molecule has 2 heterocycles. The number of carbonyl (C=O) groups is 1. The van der Waals surface area contributed by atoms with E-state index in [1.807, 2.05) is 5.10 Å². The molecule has 0 fully saturated rings. The van der Waals surface area contributed by atoms with Gasteiger partial charge >= 0.3 is 12.3 Å². The van der Waals surface area contributed by atoms with Crippen molar-refractivity contribution in [1.82, 2.24) is 25.1 Å². The molecule has 0 bridgehead atoms. The molecule has 142 valence electrons. The van der Waals surface area contributed by atoms with E-state index in [1.54, 1.807) is 0 Å². The summed E-state index contributed by atoms with van der Waals surface area (Å²) in [5.41, 5.74) is -1.78. The zero-order chi connectivity index (χ0) is 19.9. The van der Waals surface area contributed by atoms with Crippen LogP contribution >= 0.6 is 11.6 Å². The molecule has 0 aliphatic carbocycles. The second kappa shape index (κ2) is 6.58. The molecule has 3 aromatic rings. The van der Waals surface area contributed by atoms with Crippen LogP contribution in [0.2, 0.25) is 5.02 Å². The van der Waals surface area contributed by atoms with Crippen molar-refractivity contribution in [2.24, 2.45) is 0 Å². The molecule has 0 radical (unpaired) electrons. The van der Waals surface area contributed by atoms with E-state index in [4.69, 9.17) is 16.7 Å². The first-order valence-corrected chi connectivity index (χ1v) is 7.81. The molecule has 1 aromatic carbocycles. The summed E-state index contributed by atoms with van der Waals surface area (Å²) in [7, 11) is 0. The number of halogens is 4. The number of benzene rings is 1. The van der Waals surface area contributed by atoms with Crippen LogP contribution in [0.1, 0.15) is 24.5 Å². The largest absolute Gasteiger partial charge is 0.465 e. The number of aromatic amines is 1. The van der Waals surface area contributed by atoms with E-state index in [9.17, 15) is 22.8 Å².